The molecule has 0 atom stereocenters. The van der Waals surface area contributed by atoms with Gasteiger partial charge in [0.1, 0.15) is 23.9 Å². The van der Waals surface area contributed by atoms with Gasteiger partial charge in [0.15, 0.2) is 0 Å². The maximum Gasteiger partial charge on any atom is 0.418 e. The summed E-state index contributed by atoms with van der Waals surface area (Å²) in [6.07, 6.45) is -4.56. The third kappa shape index (κ3) is 5.98. The number of ether oxygens (including phenoxy) is 3. The van der Waals surface area contributed by atoms with Crippen LogP contribution in [0.2, 0.25) is 0 Å². The van der Waals surface area contributed by atoms with Crippen molar-refractivity contribution in [1.29, 1.82) is 0 Å². The summed E-state index contributed by atoms with van der Waals surface area (Å²) in [5.41, 5.74) is -1.24. The average Bonchev–Trinajstić information content (AvgIpc) is 2.64. The van der Waals surface area contributed by atoms with Gasteiger partial charge in [0.05, 0.1) is 32.0 Å². The van der Waals surface area contributed by atoms with E-state index in [-0.39, 0.29) is 18.8 Å². The molecule has 0 saturated carbocycles. The fraction of sp³-hybridized carbons (Fsp3) is 0.278. The van der Waals surface area contributed by atoms with E-state index in [1.54, 1.807) is 18.2 Å². The van der Waals surface area contributed by atoms with Crippen LogP contribution in [0.5, 0.6) is 17.2 Å². The first kappa shape index (κ1) is 20.2. The number of hydrogen-bond donors (Lipinski definition) is 2. The molecule has 6 nitrogen and oxygen atoms in total. The molecule has 0 radical (unpaired) electrons. The molecule has 0 unspecified atom stereocenters. The van der Waals surface area contributed by atoms with Gasteiger partial charge in [0, 0.05) is 18.2 Å². The minimum Gasteiger partial charge on any atom is -0.496 e. The lowest BCUT2D eigenvalue weighted by atomic mass is 10.1. The number of urea groups is 1. The molecule has 2 aromatic rings. The van der Waals surface area contributed by atoms with E-state index in [1.807, 2.05) is 0 Å². The molecule has 0 saturated heterocycles. The van der Waals surface area contributed by atoms with Crippen LogP contribution in [0, 0.1) is 0 Å². The molecule has 2 amide bonds. The topological polar surface area (TPSA) is 68.8 Å². The molecule has 0 aliphatic heterocycles. The standard InChI is InChI=1S/C18H19F3N2O4/c1-25-12-9-13(26-2)11-14(10-12)27-8-7-22-17(24)23-16-6-4-3-5-15(16)18(19,20)21/h3-6,9-11H,7-8H2,1-2H3,(H2,22,23,24). The van der Waals surface area contributed by atoms with Crippen LogP contribution >= 0.6 is 0 Å². The highest BCUT2D eigenvalue weighted by Crippen LogP contribution is 2.34. The number of amides is 2. The second-order valence-corrected chi connectivity index (χ2v) is 5.32. The summed E-state index contributed by atoms with van der Waals surface area (Å²) < 4.78 is 54.4. The number of para-hydroxylation sites is 1. The van der Waals surface area contributed by atoms with E-state index >= 15 is 0 Å². The molecule has 0 aliphatic rings. The van der Waals surface area contributed by atoms with E-state index < -0.39 is 17.8 Å². The number of anilines is 1. The molecule has 0 bridgehead atoms. The van der Waals surface area contributed by atoms with Crippen LogP contribution in [-0.4, -0.2) is 33.4 Å². The maximum absolute atomic E-state index is 12.9. The van der Waals surface area contributed by atoms with E-state index in [1.165, 1.54) is 32.4 Å². The Bertz CT molecular complexity index is 759. The lowest BCUT2D eigenvalue weighted by molar-refractivity contribution is -0.136. The summed E-state index contributed by atoms with van der Waals surface area (Å²) in [7, 11) is 3.01. The van der Waals surface area contributed by atoms with Gasteiger partial charge in [-0.2, -0.15) is 13.2 Å². The second-order valence-electron chi connectivity index (χ2n) is 5.32. The van der Waals surface area contributed by atoms with Gasteiger partial charge in [-0.15, -0.1) is 0 Å². The Morgan fingerprint density at radius 2 is 1.59 bits per heavy atom. The lowest BCUT2D eigenvalue weighted by Gasteiger charge is -2.14. The van der Waals surface area contributed by atoms with Gasteiger partial charge < -0.3 is 24.8 Å². The van der Waals surface area contributed by atoms with Crippen molar-refractivity contribution in [2.24, 2.45) is 0 Å². The molecule has 2 aromatic carbocycles. The predicted molar refractivity (Wildman–Crippen MR) is 93.5 cm³/mol. The molecule has 0 heterocycles. The fourth-order valence-corrected chi connectivity index (χ4v) is 2.20. The van der Waals surface area contributed by atoms with Crippen molar-refractivity contribution in [3.05, 3.63) is 48.0 Å². The summed E-state index contributed by atoms with van der Waals surface area (Å²) in [6.45, 7) is 0.185. The minimum absolute atomic E-state index is 0.0829. The van der Waals surface area contributed by atoms with Gasteiger partial charge in [-0.1, -0.05) is 12.1 Å². The van der Waals surface area contributed by atoms with Crippen molar-refractivity contribution in [3.63, 3.8) is 0 Å². The summed E-state index contributed by atoms with van der Waals surface area (Å²) in [5.74, 6) is 1.55. The zero-order valence-electron chi connectivity index (χ0n) is 14.7. The van der Waals surface area contributed by atoms with Crippen LogP contribution in [0.25, 0.3) is 0 Å². The van der Waals surface area contributed by atoms with Gasteiger partial charge in [0.2, 0.25) is 0 Å². The van der Waals surface area contributed by atoms with Gasteiger partial charge >= 0.3 is 12.2 Å². The quantitative estimate of drug-likeness (QED) is 0.710. The highest BCUT2D eigenvalue weighted by atomic mass is 19.4. The van der Waals surface area contributed by atoms with Crippen molar-refractivity contribution < 1.29 is 32.2 Å². The Balaban J connectivity index is 1.86. The van der Waals surface area contributed by atoms with Gasteiger partial charge in [-0.3, -0.25) is 0 Å². The molecule has 0 fully saturated rings. The monoisotopic (exact) mass is 384 g/mol. The van der Waals surface area contributed by atoms with Crippen molar-refractivity contribution in [2.75, 3.05) is 32.7 Å². The normalized spacial score (nSPS) is 10.9. The molecule has 2 N–H and O–H groups in total. The minimum atomic E-state index is -4.56. The summed E-state index contributed by atoms with van der Waals surface area (Å²) in [6, 6.07) is 8.93. The first-order chi connectivity index (χ1) is 12.8. The number of nitrogens with one attached hydrogen (secondary N) is 2. The highest BCUT2D eigenvalue weighted by Gasteiger charge is 2.33. The number of halogens is 3. The van der Waals surface area contributed by atoms with Crippen LogP contribution in [0.15, 0.2) is 42.5 Å². The van der Waals surface area contributed by atoms with Crippen molar-refractivity contribution in [2.45, 2.75) is 6.18 Å². The third-order valence-electron chi connectivity index (χ3n) is 3.46. The van der Waals surface area contributed by atoms with Crippen LogP contribution in [0.3, 0.4) is 0 Å². The molecule has 2 rings (SSSR count). The number of benzene rings is 2. The molecule has 27 heavy (non-hydrogen) atoms. The number of methoxy groups -OCH3 is 2. The Morgan fingerprint density at radius 1 is 1.00 bits per heavy atom. The van der Waals surface area contributed by atoms with Crippen molar-refractivity contribution >= 4 is 11.7 Å². The largest absolute Gasteiger partial charge is 0.496 e. The second kappa shape index (κ2) is 9.02. The highest BCUT2D eigenvalue weighted by molar-refractivity contribution is 5.90. The average molecular weight is 384 g/mol. The zero-order valence-corrected chi connectivity index (χ0v) is 14.7. The van der Waals surface area contributed by atoms with Crippen molar-refractivity contribution in [3.8, 4) is 17.2 Å². The first-order valence-electron chi connectivity index (χ1n) is 7.90. The molecule has 0 aliphatic carbocycles. The van der Waals surface area contributed by atoms with Gasteiger partial charge in [-0.25, -0.2) is 4.79 Å². The van der Waals surface area contributed by atoms with Crippen LogP contribution < -0.4 is 24.8 Å². The number of hydrogen-bond acceptors (Lipinski definition) is 4. The predicted octanol–water partition coefficient (Wildman–Crippen LogP) is 3.92. The van der Waals surface area contributed by atoms with Crippen LogP contribution in [-0.2, 0) is 6.18 Å². The fourth-order valence-electron chi connectivity index (χ4n) is 2.20. The smallest absolute Gasteiger partial charge is 0.418 e. The molecular weight excluding hydrogens is 365 g/mol. The Labute approximate surface area is 154 Å². The van der Waals surface area contributed by atoms with Crippen LogP contribution in [0.4, 0.5) is 23.7 Å². The summed E-state index contributed by atoms with van der Waals surface area (Å²) in [5, 5.41) is 4.62. The van der Waals surface area contributed by atoms with E-state index in [2.05, 4.69) is 10.6 Å². The lowest BCUT2D eigenvalue weighted by Crippen LogP contribution is -2.32. The van der Waals surface area contributed by atoms with E-state index in [0.29, 0.717) is 17.2 Å². The molecule has 146 valence electrons. The Hall–Kier alpha value is -3.10. The van der Waals surface area contributed by atoms with Crippen molar-refractivity contribution in [1.82, 2.24) is 5.32 Å². The maximum atomic E-state index is 12.9. The number of rotatable bonds is 7. The molecule has 9 heteroatoms. The number of carbonyl (C=O) groups is 1. The van der Waals surface area contributed by atoms with E-state index in [4.69, 9.17) is 14.2 Å². The number of alkyl halides is 3. The van der Waals surface area contributed by atoms with Crippen LogP contribution in [0.1, 0.15) is 5.56 Å². The Morgan fingerprint density at radius 3 is 2.19 bits per heavy atom. The molecular formula is C18H19F3N2O4. The SMILES string of the molecule is COc1cc(OC)cc(OCCNC(=O)Nc2ccccc2C(F)(F)F)c1. The number of carbonyl (C=O) groups excluding carboxylic acids is 1. The first-order valence-corrected chi connectivity index (χ1v) is 7.90. The van der Waals surface area contributed by atoms with E-state index in [9.17, 15) is 18.0 Å². The Kier molecular flexibility index (Phi) is 6.75. The van der Waals surface area contributed by atoms with E-state index in [0.717, 1.165) is 6.07 Å². The van der Waals surface area contributed by atoms with Gasteiger partial charge in [-0.05, 0) is 12.1 Å². The van der Waals surface area contributed by atoms with Gasteiger partial charge in [0.25, 0.3) is 0 Å². The zero-order chi connectivity index (χ0) is 19.9. The summed E-state index contributed by atoms with van der Waals surface area (Å²) in [4.78, 5) is 11.8. The summed E-state index contributed by atoms with van der Waals surface area (Å²) >= 11 is 0. The molecule has 0 spiro atoms. The molecule has 0 aromatic heterocycles. The third-order valence-corrected chi connectivity index (χ3v) is 3.46.